The second-order valence-electron chi connectivity index (χ2n) is 6.56. The van der Waals surface area contributed by atoms with Crippen molar-refractivity contribution in [2.24, 2.45) is 5.10 Å². The van der Waals surface area contributed by atoms with Crippen molar-refractivity contribution < 1.29 is 17.9 Å². The second-order valence-corrected chi connectivity index (χ2v) is 8.23. The summed E-state index contributed by atoms with van der Waals surface area (Å²) < 4.78 is 35.8. The van der Waals surface area contributed by atoms with Crippen LogP contribution in [0, 0.1) is 13.8 Å². The van der Waals surface area contributed by atoms with E-state index < -0.39 is 10.0 Å². The van der Waals surface area contributed by atoms with Crippen molar-refractivity contribution in [2.45, 2.75) is 44.9 Å². The molecule has 2 aromatic carbocycles. The van der Waals surface area contributed by atoms with E-state index in [2.05, 4.69) is 16.9 Å². The topological polar surface area (TPSA) is 77.0 Å². The summed E-state index contributed by atoms with van der Waals surface area (Å²) in [5.41, 5.74) is 2.64. The molecule has 0 saturated heterocycles. The van der Waals surface area contributed by atoms with Crippen molar-refractivity contribution in [3.05, 3.63) is 53.1 Å². The van der Waals surface area contributed by atoms with E-state index in [9.17, 15) is 8.42 Å². The molecular weight excluding hydrogens is 376 g/mol. The predicted molar refractivity (Wildman–Crippen MR) is 112 cm³/mol. The first-order valence-corrected chi connectivity index (χ1v) is 10.8. The monoisotopic (exact) mass is 404 g/mol. The van der Waals surface area contributed by atoms with Gasteiger partial charge in [-0.15, -0.1) is 0 Å². The molecule has 0 aliphatic carbocycles. The number of methoxy groups -OCH3 is 1. The fourth-order valence-corrected chi connectivity index (χ4v) is 3.40. The lowest BCUT2D eigenvalue weighted by atomic mass is 10.1. The Kier molecular flexibility index (Phi) is 7.87. The van der Waals surface area contributed by atoms with Crippen LogP contribution in [0.2, 0.25) is 0 Å². The number of hydrazone groups is 1. The lowest BCUT2D eigenvalue weighted by Crippen LogP contribution is -2.18. The summed E-state index contributed by atoms with van der Waals surface area (Å²) in [7, 11) is -2.15. The Balaban J connectivity index is 2.05. The van der Waals surface area contributed by atoms with Gasteiger partial charge in [-0.2, -0.15) is 13.5 Å². The summed E-state index contributed by atoms with van der Waals surface area (Å²) in [6.45, 7) is 6.58. The van der Waals surface area contributed by atoms with Crippen LogP contribution in [-0.2, 0) is 10.0 Å². The van der Waals surface area contributed by atoms with Gasteiger partial charge in [-0.3, -0.25) is 0 Å². The third kappa shape index (κ3) is 5.99. The standard InChI is InChI=1S/C21H28N2O4S/c1-5-6-7-12-27-20-11-9-18(14-21(20)26-4)15-22-23-28(24,25)19-10-8-16(2)17(3)13-19/h8-11,13-15,23H,5-7,12H2,1-4H3/b22-15+. The number of nitrogens with one attached hydrogen (secondary N) is 1. The molecular formula is C21H28N2O4S. The van der Waals surface area contributed by atoms with E-state index in [4.69, 9.17) is 9.47 Å². The third-order valence-electron chi connectivity index (χ3n) is 4.37. The molecule has 0 aliphatic heterocycles. The van der Waals surface area contributed by atoms with Gasteiger partial charge in [-0.1, -0.05) is 25.8 Å². The SMILES string of the molecule is CCCCCOc1ccc(/C=N/NS(=O)(=O)c2ccc(C)c(C)c2)cc1OC. The Morgan fingerprint density at radius 2 is 1.82 bits per heavy atom. The average molecular weight is 405 g/mol. The highest BCUT2D eigenvalue weighted by Gasteiger charge is 2.13. The number of sulfonamides is 1. The molecule has 0 saturated carbocycles. The number of rotatable bonds is 10. The zero-order valence-electron chi connectivity index (χ0n) is 16.9. The van der Waals surface area contributed by atoms with E-state index in [-0.39, 0.29) is 4.90 Å². The fraction of sp³-hybridized carbons (Fsp3) is 0.381. The molecule has 0 aromatic heterocycles. The minimum Gasteiger partial charge on any atom is -0.493 e. The van der Waals surface area contributed by atoms with Crippen LogP contribution >= 0.6 is 0 Å². The molecule has 1 N–H and O–H groups in total. The maximum atomic E-state index is 12.4. The highest BCUT2D eigenvalue weighted by atomic mass is 32.2. The summed E-state index contributed by atoms with van der Waals surface area (Å²) in [6, 6.07) is 10.3. The summed E-state index contributed by atoms with van der Waals surface area (Å²) in [6.07, 6.45) is 4.67. The minimum absolute atomic E-state index is 0.182. The average Bonchev–Trinajstić information content (AvgIpc) is 2.67. The molecule has 7 heteroatoms. The van der Waals surface area contributed by atoms with Crippen molar-refractivity contribution in [2.75, 3.05) is 13.7 Å². The highest BCUT2D eigenvalue weighted by Crippen LogP contribution is 2.27. The molecule has 0 amide bonds. The molecule has 0 aliphatic rings. The van der Waals surface area contributed by atoms with Crippen molar-refractivity contribution in [1.29, 1.82) is 0 Å². The zero-order chi connectivity index (χ0) is 20.6. The molecule has 152 valence electrons. The quantitative estimate of drug-likeness (QED) is 0.366. The normalized spacial score (nSPS) is 11.6. The first-order valence-electron chi connectivity index (χ1n) is 9.30. The van der Waals surface area contributed by atoms with E-state index in [1.807, 2.05) is 13.8 Å². The van der Waals surface area contributed by atoms with Gasteiger partial charge in [0.15, 0.2) is 11.5 Å². The Morgan fingerprint density at radius 1 is 1.04 bits per heavy atom. The number of benzene rings is 2. The van der Waals surface area contributed by atoms with Crippen LogP contribution in [0.1, 0.15) is 42.9 Å². The first kappa shape index (κ1) is 21.8. The van der Waals surface area contributed by atoms with Crippen LogP contribution in [0.15, 0.2) is 46.4 Å². The summed E-state index contributed by atoms with van der Waals surface area (Å²) >= 11 is 0. The molecule has 2 aromatic rings. The third-order valence-corrected chi connectivity index (χ3v) is 5.59. The van der Waals surface area contributed by atoms with Crippen LogP contribution < -0.4 is 14.3 Å². The molecule has 0 heterocycles. The number of aryl methyl sites for hydroxylation is 2. The fourth-order valence-electron chi connectivity index (χ4n) is 2.52. The lowest BCUT2D eigenvalue weighted by molar-refractivity contribution is 0.286. The first-order chi connectivity index (χ1) is 13.4. The number of ether oxygens (including phenoxy) is 2. The second kappa shape index (κ2) is 10.1. The number of hydrogen-bond acceptors (Lipinski definition) is 5. The van der Waals surface area contributed by atoms with Gasteiger partial charge in [-0.25, -0.2) is 4.83 Å². The van der Waals surface area contributed by atoms with Crippen LogP contribution in [0.3, 0.4) is 0 Å². The largest absolute Gasteiger partial charge is 0.493 e. The van der Waals surface area contributed by atoms with E-state index in [0.29, 0.717) is 23.7 Å². The van der Waals surface area contributed by atoms with Gasteiger partial charge < -0.3 is 9.47 Å². The number of unbranched alkanes of at least 4 members (excludes halogenated alkanes) is 2. The molecule has 0 unspecified atom stereocenters. The molecule has 2 rings (SSSR count). The highest BCUT2D eigenvalue weighted by molar-refractivity contribution is 7.89. The maximum absolute atomic E-state index is 12.4. The number of nitrogens with zero attached hydrogens (tertiary/aromatic N) is 1. The molecule has 0 spiro atoms. The van der Waals surface area contributed by atoms with Crippen molar-refractivity contribution in [3.8, 4) is 11.5 Å². The molecule has 0 radical (unpaired) electrons. The van der Waals surface area contributed by atoms with Gasteiger partial charge >= 0.3 is 0 Å². The van der Waals surface area contributed by atoms with E-state index in [1.54, 1.807) is 43.5 Å². The molecule has 6 nitrogen and oxygen atoms in total. The van der Waals surface area contributed by atoms with Crippen LogP contribution in [0.4, 0.5) is 0 Å². The van der Waals surface area contributed by atoms with Crippen molar-refractivity contribution >= 4 is 16.2 Å². The zero-order valence-corrected chi connectivity index (χ0v) is 17.7. The molecule has 28 heavy (non-hydrogen) atoms. The summed E-state index contributed by atoms with van der Waals surface area (Å²) in [4.78, 5) is 2.42. The Bertz CT molecular complexity index is 924. The van der Waals surface area contributed by atoms with Gasteiger partial charge in [0.05, 0.1) is 24.8 Å². The van der Waals surface area contributed by atoms with Gasteiger partial charge in [0.1, 0.15) is 0 Å². The van der Waals surface area contributed by atoms with E-state index >= 15 is 0 Å². The molecule has 0 atom stereocenters. The Hall–Kier alpha value is -2.54. The van der Waals surface area contributed by atoms with Crippen LogP contribution in [-0.4, -0.2) is 28.3 Å². The van der Waals surface area contributed by atoms with E-state index in [0.717, 1.165) is 30.4 Å². The summed E-state index contributed by atoms with van der Waals surface area (Å²) in [5, 5.41) is 3.87. The smallest absolute Gasteiger partial charge is 0.276 e. The van der Waals surface area contributed by atoms with Crippen LogP contribution in [0.5, 0.6) is 11.5 Å². The predicted octanol–water partition coefficient (Wildman–Crippen LogP) is 4.19. The van der Waals surface area contributed by atoms with Gasteiger partial charge in [0, 0.05) is 0 Å². The lowest BCUT2D eigenvalue weighted by Gasteiger charge is -2.11. The molecule has 0 fully saturated rings. The summed E-state index contributed by atoms with van der Waals surface area (Å²) in [5.74, 6) is 1.24. The maximum Gasteiger partial charge on any atom is 0.276 e. The van der Waals surface area contributed by atoms with Crippen molar-refractivity contribution in [1.82, 2.24) is 4.83 Å². The van der Waals surface area contributed by atoms with Gasteiger partial charge in [-0.05, 0) is 67.3 Å². The van der Waals surface area contributed by atoms with E-state index in [1.165, 1.54) is 6.21 Å². The minimum atomic E-state index is -3.71. The molecule has 0 bridgehead atoms. The van der Waals surface area contributed by atoms with Gasteiger partial charge in [0.25, 0.3) is 10.0 Å². The Morgan fingerprint density at radius 3 is 2.50 bits per heavy atom. The van der Waals surface area contributed by atoms with Crippen molar-refractivity contribution in [3.63, 3.8) is 0 Å². The van der Waals surface area contributed by atoms with Gasteiger partial charge in [0.2, 0.25) is 0 Å². The Labute approximate surface area is 167 Å². The number of hydrogen-bond donors (Lipinski definition) is 1. The van der Waals surface area contributed by atoms with Crippen LogP contribution in [0.25, 0.3) is 0 Å².